The van der Waals surface area contributed by atoms with Crippen molar-refractivity contribution in [3.63, 3.8) is 0 Å². The average molecular weight is 484 g/mol. The number of rotatable bonds is 8. The van der Waals surface area contributed by atoms with Gasteiger partial charge >= 0.3 is 5.97 Å². The maximum Gasteiger partial charge on any atom is 0.355 e. The van der Waals surface area contributed by atoms with Gasteiger partial charge in [0, 0.05) is 32.0 Å². The fourth-order valence-electron chi connectivity index (χ4n) is 3.59. The number of nitrogens with zero attached hydrogens (tertiary/aromatic N) is 2. The van der Waals surface area contributed by atoms with Crippen LogP contribution in [0.25, 0.3) is 0 Å². The highest BCUT2D eigenvalue weighted by Gasteiger charge is 2.29. The summed E-state index contributed by atoms with van der Waals surface area (Å²) in [5.74, 6) is -0.00129. The van der Waals surface area contributed by atoms with Crippen LogP contribution in [0.15, 0.2) is 71.8 Å². The van der Waals surface area contributed by atoms with Gasteiger partial charge in [-0.1, -0.05) is 18.2 Å². The van der Waals surface area contributed by atoms with Crippen molar-refractivity contribution in [3.8, 4) is 11.5 Å². The smallest absolute Gasteiger partial charge is 0.355 e. The van der Waals surface area contributed by atoms with Crippen molar-refractivity contribution < 1.29 is 27.5 Å². The Hall–Kier alpha value is -3.63. The van der Waals surface area contributed by atoms with Crippen LogP contribution in [0.2, 0.25) is 0 Å². The lowest BCUT2D eigenvalue weighted by Crippen LogP contribution is -2.27. The third kappa shape index (κ3) is 5.46. The molecule has 2 aromatic carbocycles. The van der Waals surface area contributed by atoms with Gasteiger partial charge in [-0.15, -0.1) is 0 Å². The van der Waals surface area contributed by atoms with E-state index in [2.05, 4.69) is 5.32 Å². The van der Waals surface area contributed by atoms with Crippen LogP contribution in [0, 0.1) is 0 Å². The molecule has 1 aliphatic heterocycles. The zero-order valence-corrected chi connectivity index (χ0v) is 19.5. The number of carbonyl (C=O) groups is 2. The van der Waals surface area contributed by atoms with Gasteiger partial charge in [0.05, 0.1) is 0 Å². The first-order chi connectivity index (χ1) is 16.3. The molecule has 3 aromatic rings. The maximum absolute atomic E-state index is 12.7. The molecular formula is C24H25N3O6S. The van der Waals surface area contributed by atoms with E-state index >= 15 is 0 Å². The van der Waals surface area contributed by atoms with Gasteiger partial charge in [-0.3, -0.25) is 4.79 Å². The molecule has 0 unspecified atom stereocenters. The zero-order valence-electron chi connectivity index (χ0n) is 18.6. The minimum atomic E-state index is -3.65. The average Bonchev–Trinajstić information content (AvgIpc) is 3.50. The molecule has 9 nitrogen and oxygen atoms in total. The highest BCUT2D eigenvalue weighted by atomic mass is 32.2. The Bertz CT molecular complexity index is 1260. The summed E-state index contributed by atoms with van der Waals surface area (Å²) in [5, 5.41) is 2.64. The van der Waals surface area contributed by atoms with Gasteiger partial charge < -0.3 is 19.4 Å². The largest absolute Gasteiger partial charge is 0.457 e. The van der Waals surface area contributed by atoms with E-state index in [9.17, 15) is 18.0 Å². The SMILES string of the molecule is Cn1cc(S(=O)(=O)N2CCCC2)cc1C(=O)OCC(=O)Nc1ccc(Oc2ccccc2)cc1. The first-order valence-electron chi connectivity index (χ1n) is 10.8. The molecule has 178 valence electrons. The molecule has 1 aromatic heterocycles. The molecule has 1 aliphatic rings. The van der Waals surface area contributed by atoms with Gasteiger partial charge in [-0.05, 0) is 55.3 Å². The Labute approximate surface area is 197 Å². The van der Waals surface area contributed by atoms with Gasteiger partial charge in [0.1, 0.15) is 22.1 Å². The van der Waals surface area contributed by atoms with Crippen molar-refractivity contribution >= 4 is 27.6 Å². The number of carbonyl (C=O) groups excluding carboxylic acids is 2. The molecule has 34 heavy (non-hydrogen) atoms. The van der Waals surface area contributed by atoms with E-state index in [1.165, 1.54) is 21.1 Å². The van der Waals surface area contributed by atoms with Crippen LogP contribution in [0.1, 0.15) is 23.3 Å². The summed E-state index contributed by atoms with van der Waals surface area (Å²) in [7, 11) is -2.10. The Morgan fingerprint density at radius 3 is 2.29 bits per heavy atom. The molecule has 0 radical (unpaired) electrons. The van der Waals surface area contributed by atoms with Crippen LogP contribution in [0.3, 0.4) is 0 Å². The lowest BCUT2D eigenvalue weighted by Gasteiger charge is -2.13. The standard InChI is InChI=1S/C24H25N3O6S/c1-26-16-21(34(30,31)27-13-5-6-14-27)15-22(26)24(29)32-17-23(28)25-18-9-11-20(12-10-18)33-19-7-3-2-4-8-19/h2-4,7-12,15-16H,5-6,13-14,17H2,1H3,(H,25,28). The van der Waals surface area contributed by atoms with E-state index in [-0.39, 0.29) is 10.6 Å². The van der Waals surface area contributed by atoms with Crippen molar-refractivity contribution in [1.29, 1.82) is 0 Å². The number of esters is 1. The molecular weight excluding hydrogens is 458 g/mol. The number of benzene rings is 2. The highest BCUT2D eigenvalue weighted by molar-refractivity contribution is 7.89. The van der Waals surface area contributed by atoms with Crippen molar-refractivity contribution in [3.05, 3.63) is 72.6 Å². The van der Waals surface area contributed by atoms with Crippen LogP contribution < -0.4 is 10.1 Å². The van der Waals surface area contributed by atoms with Crippen LogP contribution in [0.4, 0.5) is 5.69 Å². The lowest BCUT2D eigenvalue weighted by molar-refractivity contribution is -0.119. The van der Waals surface area contributed by atoms with Crippen LogP contribution in [0.5, 0.6) is 11.5 Å². The van der Waals surface area contributed by atoms with Gasteiger partial charge in [0.25, 0.3) is 5.91 Å². The van der Waals surface area contributed by atoms with E-state index in [0.29, 0.717) is 30.3 Å². The second-order valence-electron chi connectivity index (χ2n) is 7.85. The van der Waals surface area contributed by atoms with Crippen molar-refractivity contribution in [2.45, 2.75) is 17.7 Å². The molecule has 1 saturated heterocycles. The molecule has 4 rings (SSSR count). The predicted octanol–water partition coefficient (Wildman–Crippen LogP) is 3.40. The number of hydrogen-bond acceptors (Lipinski definition) is 6. The van der Waals surface area contributed by atoms with E-state index in [4.69, 9.17) is 9.47 Å². The highest BCUT2D eigenvalue weighted by Crippen LogP contribution is 2.24. The Kier molecular flexibility index (Phi) is 6.99. The Balaban J connectivity index is 1.31. The van der Waals surface area contributed by atoms with Gasteiger partial charge in [-0.2, -0.15) is 4.31 Å². The number of ether oxygens (including phenoxy) is 2. The monoisotopic (exact) mass is 483 g/mol. The van der Waals surface area contributed by atoms with Crippen LogP contribution in [-0.2, 0) is 26.6 Å². The summed E-state index contributed by atoms with van der Waals surface area (Å²) >= 11 is 0. The molecule has 2 heterocycles. The van der Waals surface area contributed by atoms with Crippen LogP contribution >= 0.6 is 0 Å². The number of anilines is 1. The number of para-hydroxylation sites is 1. The van der Waals surface area contributed by atoms with Crippen molar-refractivity contribution in [2.24, 2.45) is 7.05 Å². The predicted molar refractivity (Wildman–Crippen MR) is 125 cm³/mol. The maximum atomic E-state index is 12.7. The molecule has 1 fully saturated rings. The number of nitrogens with one attached hydrogen (secondary N) is 1. The third-order valence-corrected chi connectivity index (χ3v) is 7.21. The molecule has 0 aliphatic carbocycles. The van der Waals surface area contributed by atoms with Gasteiger partial charge in [0.2, 0.25) is 10.0 Å². The zero-order chi connectivity index (χ0) is 24.1. The second kappa shape index (κ2) is 10.1. The minimum absolute atomic E-state index is 0.0334. The van der Waals surface area contributed by atoms with Crippen LogP contribution in [-0.4, -0.2) is 48.9 Å². The molecule has 10 heteroatoms. The quantitative estimate of drug-likeness (QED) is 0.492. The molecule has 1 amide bonds. The van der Waals surface area contributed by atoms with Gasteiger partial charge in [-0.25, -0.2) is 13.2 Å². The minimum Gasteiger partial charge on any atom is -0.457 e. The number of sulfonamides is 1. The Morgan fingerprint density at radius 2 is 1.62 bits per heavy atom. The summed E-state index contributed by atoms with van der Waals surface area (Å²) in [6.45, 7) is 0.424. The Morgan fingerprint density at radius 1 is 0.971 bits per heavy atom. The number of aromatic nitrogens is 1. The first-order valence-corrected chi connectivity index (χ1v) is 12.2. The van der Waals surface area contributed by atoms with E-state index in [0.717, 1.165) is 12.8 Å². The summed E-state index contributed by atoms with van der Waals surface area (Å²) in [5.41, 5.74) is 0.562. The fourth-order valence-corrected chi connectivity index (χ4v) is 5.18. The van der Waals surface area contributed by atoms with E-state index < -0.39 is 28.5 Å². The van der Waals surface area contributed by atoms with E-state index in [1.54, 1.807) is 31.3 Å². The summed E-state index contributed by atoms with van der Waals surface area (Å²) in [6, 6.07) is 17.3. The second-order valence-corrected chi connectivity index (χ2v) is 9.78. The van der Waals surface area contributed by atoms with E-state index in [1.807, 2.05) is 30.3 Å². The molecule has 0 saturated carbocycles. The van der Waals surface area contributed by atoms with Crippen molar-refractivity contribution in [1.82, 2.24) is 8.87 Å². The molecule has 1 N–H and O–H groups in total. The lowest BCUT2D eigenvalue weighted by atomic mass is 10.3. The number of aryl methyl sites for hydroxylation is 1. The molecule has 0 bridgehead atoms. The topological polar surface area (TPSA) is 107 Å². The summed E-state index contributed by atoms with van der Waals surface area (Å²) < 4.78 is 39.0. The molecule has 0 spiro atoms. The van der Waals surface area contributed by atoms with Crippen molar-refractivity contribution in [2.75, 3.05) is 25.0 Å². The number of amides is 1. The summed E-state index contributed by atoms with van der Waals surface area (Å²) in [6.07, 6.45) is 3.01. The normalized spacial score (nSPS) is 14.0. The third-order valence-electron chi connectivity index (χ3n) is 5.34. The summed E-state index contributed by atoms with van der Waals surface area (Å²) in [4.78, 5) is 24.7. The number of hydrogen-bond donors (Lipinski definition) is 1. The first kappa shape index (κ1) is 23.5. The fraction of sp³-hybridized carbons (Fsp3) is 0.250. The van der Waals surface area contributed by atoms with Gasteiger partial charge in [0.15, 0.2) is 6.61 Å². The molecule has 0 atom stereocenters.